The quantitative estimate of drug-likeness (QED) is 0.291. The number of fused-ring (bicyclic) bond motifs is 1. The summed E-state index contributed by atoms with van der Waals surface area (Å²) in [5, 5.41) is 0.375. The Morgan fingerprint density at radius 3 is 2.38 bits per heavy atom. The minimum atomic E-state index is -0.817. The van der Waals surface area contributed by atoms with Crippen molar-refractivity contribution in [2.75, 3.05) is 27.2 Å². The van der Waals surface area contributed by atoms with E-state index in [1.165, 1.54) is 44.6 Å². The maximum Gasteiger partial charge on any atom is 0.418 e. The van der Waals surface area contributed by atoms with Crippen LogP contribution in [0.5, 0.6) is 0 Å². The van der Waals surface area contributed by atoms with Gasteiger partial charge in [0.25, 0.3) is 17.6 Å². The number of hydrogen-bond acceptors (Lipinski definition) is 5. The van der Waals surface area contributed by atoms with Crippen molar-refractivity contribution in [2.24, 2.45) is 11.8 Å². The molecule has 0 aliphatic carbocycles. The number of amides is 2. The van der Waals surface area contributed by atoms with Crippen LogP contribution in [0.15, 0.2) is 42.6 Å². The monoisotopic (exact) mass is 569 g/mol. The molecule has 3 aromatic rings. The molecule has 40 heavy (non-hydrogen) atoms. The van der Waals surface area contributed by atoms with Gasteiger partial charge in [-0.1, -0.05) is 30.7 Å². The number of carbonyl (C=O) groups excluding carboxylic acids is 4. The third kappa shape index (κ3) is 5.75. The van der Waals surface area contributed by atoms with Gasteiger partial charge in [0.15, 0.2) is 0 Å². The van der Waals surface area contributed by atoms with Crippen LogP contribution in [0.2, 0.25) is 5.02 Å². The van der Waals surface area contributed by atoms with Crippen molar-refractivity contribution in [3.8, 4) is 0 Å². The summed E-state index contributed by atoms with van der Waals surface area (Å²) in [7, 11) is 2.91. The maximum atomic E-state index is 13.8. The summed E-state index contributed by atoms with van der Waals surface area (Å²) in [6, 6.07) is 9.34. The number of carbonyl (C=O) groups is 4. The Labute approximate surface area is 237 Å². The van der Waals surface area contributed by atoms with E-state index in [9.17, 15) is 23.6 Å². The van der Waals surface area contributed by atoms with E-state index in [0.29, 0.717) is 12.5 Å². The molecule has 10 heteroatoms. The number of aromatic nitrogens is 1. The predicted molar refractivity (Wildman–Crippen MR) is 150 cm³/mol. The molecule has 0 spiro atoms. The number of ether oxygens (including phenoxy) is 1. The summed E-state index contributed by atoms with van der Waals surface area (Å²) in [5.41, 5.74) is 1.47. The number of ketones is 1. The number of nitrogens with zero attached hydrogens (tertiary/aromatic N) is 3. The Hall–Kier alpha value is -3.72. The van der Waals surface area contributed by atoms with Crippen molar-refractivity contribution in [1.29, 1.82) is 0 Å². The van der Waals surface area contributed by atoms with Crippen LogP contribution >= 0.6 is 11.6 Å². The minimum Gasteiger partial charge on any atom is -0.449 e. The smallest absolute Gasteiger partial charge is 0.418 e. The number of rotatable bonds is 6. The first-order valence-electron chi connectivity index (χ1n) is 13.3. The van der Waals surface area contributed by atoms with Gasteiger partial charge in [0.2, 0.25) is 0 Å². The van der Waals surface area contributed by atoms with Crippen molar-refractivity contribution >= 4 is 46.2 Å². The molecule has 0 radical (unpaired) electrons. The molecule has 0 N–H and O–H groups in total. The van der Waals surface area contributed by atoms with E-state index in [1.54, 1.807) is 24.0 Å². The molecule has 8 nitrogen and oxygen atoms in total. The van der Waals surface area contributed by atoms with Crippen LogP contribution < -0.4 is 0 Å². The highest BCUT2D eigenvalue weighted by molar-refractivity contribution is 6.45. The van der Waals surface area contributed by atoms with E-state index in [1.807, 2.05) is 6.92 Å². The van der Waals surface area contributed by atoms with Gasteiger partial charge in [-0.25, -0.2) is 9.18 Å². The molecule has 4 rings (SSSR count). The number of Topliss-reactive ketones (excluding diaryl/α,β-unsaturated/α-hetero) is 1. The first kappa shape index (κ1) is 29.3. The Kier molecular flexibility index (Phi) is 8.63. The van der Waals surface area contributed by atoms with Crippen LogP contribution in [0.1, 0.15) is 53.5 Å². The fourth-order valence-corrected chi connectivity index (χ4v) is 5.57. The largest absolute Gasteiger partial charge is 0.449 e. The molecule has 1 fully saturated rings. The van der Waals surface area contributed by atoms with Crippen molar-refractivity contribution < 1.29 is 28.3 Å². The Morgan fingerprint density at radius 2 is 1.75 bits per heavy atom. The summed E-state index contributed by atoms with van der Waals surface area (Å²) in [4.78, 5) is 55.0. The maximum absolute atomic E-state index is 13.8. The van der Waals surface area contributed by atoms with Crippen LogP contribution in [-0.4, -0.2) is 71.3 Å². The first-order chi connectivity index (χ1) is 18.9. The second kappa shape index (κ2) is 11.8. The molecule has 1 aliphatic rings. The topological polar surface area (TPSA) is 88.9 Å². The number of hydrogen-bond donors (Lipinski definition) is 0. The molecule has 1 saturated heterocycles. The van der Waals surface area contributed by atoms with Gasteiger partial charge < -0.3 is 14.5 Å². The van der Waals surface area contributed by atoms with E-state index in [4.69, 9.17) is 16.3 Å². The minimum absolute atomic E-state index is 0.0214. The summed E-state index contributed by atoms with van der Waals surface area (Å²) >= 11 is 6.60. The highest BCUT2D eigenvalue weighted by Gasteiger charge is 2.35. The van der Waals surface area contributed by atoms with Crippen molar-refractivity contribution in [1.82, 2.24) is 14.4 Å². The van der Waals surface area contributed by atoms with E-state index in [0.717, 1.165) is 27.9 Å². The van der Waals surface area contributed by atoms with Crippen molar-refractivity contribution in [3.05, 3.63) is 70.1 Å². The van der Waals surface area contributed by atoms with Crippen LogP contribution in [0.4, 0.5) is 9.18 Å². The van der Waals surface area contributed by atoms with E-state index < -0.39 is 17.8 Å². The molecule has 2 aromatic carbocycles. The van der Waals surface area contributed by atoms with Gasteiger partial charge in [0, 0.05) is 38.3 Å². The fourth-order valence-electron chi connectivity index (χ4n) is 5.34. The molecule has 1 aromatic heterocycles. The average Bonchev–Trinajstić information content (AvgIpc) is 3.28. The fraction of sp³-hybridized carbons (Fsp3) is 0.400. The van der Waals surface area contributed by atoms with Gasteiger partial charge in [-0.05, 0) is 68.4 Å². The molecular formula is C30H33ClFN3O5. The van der Waals surface area contributed by atoms with Gasteiger partial charge in [0.05, 0.1) is 28.3 Å². The van der Waals surface area contributed by atoms with Gasteiger partial charge in [0.1, 0.15) is 5.82 Å². The lowest BCUT2D eigenvalue weighted by molar-refractivity contribution is -0.124. The van der Waals surface area contributed by atoms with Gasteiger partial charge in [-0.15, -0.1) is 0 Å². The standard InChI is InChI=1S/C30H33ClFN3O5/c1-6-40-30(39)35-16-24(27(36)29(38)33(4)5)22-13-23(25(31)14-26(22)35)28(37)34-15-17(2)20(11-18(34)3)12-19-7-9-21(32)10-8-19/h7-10,13-14,16-18,20H,6,11-12,15H2,1-5H3/t17-,18+,20?/m0/s1. The average molecular weight is 570 g/mol. The first-order valence-corrected chi connectivity index (χ1v) is 13.6. The van der Waals surface area contributed by atoms with Gasteiger partial charge in [-0.2, -0.15) is 0 Å². The predicted octanol–water partition coefficient (Wildman–Crippen LogP) is 5.44. The number of likely N-dealkylation sites (tertiary alicyclic amines) is 1. The molecule has 0 saturated carbocycles. The van der Waals surface area contributed by atoms with Crippen LogP contribution in [0.3, 0.4) is 0 Å². The highest BCUT2D eigenvalue weighted by Crippen LogP contribution is 2.34. The van der Waals surface area contributed by atoms with E-state index >= 15 is 0 Å². The zero-order chi connectivity index (χ0) is 29.3. The molecule has 3 atom stereocenters. The molecule has 212 valence electrons. The molecule has 1 unspecified atom stereocenters. The van der Waals surface area contributed by atoms with Crippen LogP contribution in [0.25, 0.3) is 10.9 Å². The van der Waals surface area contributed by atoms with Crippen molar-refractivity contribution in [2.45, 2.75) is 39.7 Å². The summed E-state index contributed by atoms with van der Waals surface area (Å²) in [6.07, 6.45) is 2.06. The zero-order valence-corrected chi connectivity index (χ0v) is 24.0. The number of piperidine rings is 1. The number of likely N-dealkylation sites (N-methyl/N-ethyl adjacent to an activating group) is 1. The molecular weight excluding hydrogens is 537 g/mol. The van der Waals surface area contributed by atoms with E-state index in [-0.39, 0.29) is 57.3 Å². The highest BCUT2D eigenvalue weighted by atomic mass is 35.5. The third-order valence-corrected chi connectivity index (χ3v) is 7.88. The summed E-state index contributed by atoms with van der Waals surface area (Å²) in [6.45, 7) is 6.33. The number of benzene rings is 2. The number of halogens is 2. The summed E-state index contributed by atoms with van der Waals surface area (Å²) < 4.78 is 19.6. The Balaban J connectivity index is 1.67. The van der Waals surface area contributed by atoms with Crippen LogP contribution in [-0.2, 0) is 16.0 Å². The Bertz CT molecular complexity index is 1470. The Morgan fingerprint density at radius 1 is 1.07 bits per heavy atom. The molecule has 0 bridgehead atoms. The molecule has 1 aliphatic heterocycles. The SMILES string of the molecule is CCOC(=O)n1cc(C(=O)C(=O)N(C)C)c2cc(C(=O)N3C[C@H](C)C(Cc4ccc(F)cc4)C[C@H]3C)c(Cl)cc21. The lowest BCUT2D eigenvalue weighted by Crippen LogP contribution is -2.48. The van der Waals surface area contributed by atoms with E-state index in [2.05, 4.69) is 6.92 Å². The zero-order valence-electron chi connectivity index (χ0n) is 23.2. The molecule has 2 amide bonds. The van der Waals surface area contributed by atoms with Gasteiger partial charge in [-0.3, -0.25) is 19.0 Å². The normalized spacial score (nSPS) is 19.0. The molecule has 2 heterocycles. The second-order valence-corrected chi connectivity index (χ2v) is 11.0. The summed E-state index contributed by atoms with van der Waals surface area (Å²) in [5.74, 6) is -1.67. The van der Waals surface area contributed by atoms with Crippen LogP contribution in [0, 0.1) is 17.7 Å². The second-order valence-electron chi connectivity index (χ2n) is 10.6. The van der Waals surface area contributed by atoms with Crippen molar-refractivity contribution in [3.63, 3.8) is 0 Å². The lowest BCUT2D eigenvalue weighted by Gasteiger charge is -2.42. The third-order valence-electron chi connectivity index (χ3n) is 7.57. The lowest BCUT2D eigenvalue weighted by atomic mass is 9.79. The van der Waals surface area contributed by atoms with Gasteiger partial charge >= 0.3 is 6.09 Å².